The maximum atomic E-state index is 13.4. The fourth-order valence-electron chi connectivity index (χ4n) is 2.93. The van der Waals surface area contributed by atoms with Crippen molar-refractivity contribution in [2.24, 2.45) is 0 Å². The van der Waals surface area contributed by atoms with Crippen molar-refractivity contribution in [3.8, 4) is 21.8 Å². The Labute approximate surface area is 155 Å². The van der Waals surface area contributed by atoms with E-state index in [0.29, 0.717) is 6.42 Å². The lowest BCUT2D eigenvalue weighted by molar-refractivity contribution is 0.628. The van der Waals surface area contributed by atoms with Crippen molar-refractivity contribution in [3.63, 3.8) is 0 Å². The van der Waals surface area contributed by atoms with E-state index in [0.717, 1.165) is 33.0 Å². The van der Waals surface area contributed by atoms with E-state index in [2.05, 4.69) is 22.1 Å². The Hall–Kier alpha value is -3.05. The molecule has 0 amide bonds. The molecule has 0 unspecified atom stereocenters. The minimum Gasteiger partial charge on any atom is -0.368 e. The summed E-state index contributed by atoms with van der Waals surface area (Å²) >= 11 is 1.61. The summed E-state index contributed by atoms with van der Waals surface area (Å²) in [7, 11) is 0. The van der Waals surface area contributed by atoms with Gasteiger partial charge in [-0.05, 0) is 41.3 Å². The highest BCUT2D eigenvalue weighted by Gasteiger charge is 2.18. The second-order valence-electron chi connectivity index (χ2n) is 5.90. The van der Waals surface area contributed by atoms with E-state index >= 15 is 0 Å². The molecule has 4 aromatic rings. The molecule has 0 fully saturated rings. The highest BCUT2D eigenvalue weighted by molar-refractivity contribution is 7.13. The van der Waals surface area contributed by atoms with E-state index in [1.807, 2.05) is 35.7 Å². The van der Waals surface area contributed by atoms with E-state index in [9.17, 15) is 4.39 Å². The van der Waals surface area contributed by atoms with Crippen LogP contribution >= 0.6 is 11.3 Å². The monoisotopic (exact) mass is 361 g/mol. The number of hydrogen-bond acceptors (Lipinski definition) is 4. The molecular weight excluding hydrogens is 345 g/mol. The molecule has 4 rings (SSSR count). The maximum Gasteiger partial charge on any atom is 0.221 e. The first kappa shape index (κ1) is 16.4. The normalized spacial score (nSPS) is 10.8. The van der Waals surface area contributed by atoms with Crippen LogP contribution in [-0.2, 0) is 6.42 Å². The second kappa shape index (κ2) is 7.06. The van der Waals surface area contributed by atoms with E-state index in [4.69, 9.17) is 5.73 Å². The Kier molecular flexibility index (Phi) is 4.46. The molecule has 5 heteroatoms. The largest absolute Gasteiger partial charge is 0.368 e. The van der Waals surface area contributed by atoms with Gasteiger partial charge in [0.25, 0.3) is 0 Å². The van der Waals surface area contributed by atoms with Crippen LogP contribution in [0.3, 0.4) is 0 Å². The van der Waals surface area contributed by atoms with Crippen molar-refractivity contribution in [1.29, 1.82) is 0 Å². The van der Waals surface area contributed by atoms with Crippen molar-refractivity contribution >= 4 is 17.3 Å². The molecule has 0 spiro atoms. The number of nitrogens with zero attached hydrogens (tertiary/aromatic N) is 2. The molecule has 26 heavy (non-hydrogen) atoms. The number of thiophene rings is 1. The summed E-state index contributed by atoms with van der Waals surface area (Å²) in [5.41, 5.74) is 10.5. The molecule has 2 heterocycles. The van der Waals surface area contributed by atoms with Gasteiger partial charge in [0.2, 0.25) is 5.95 Å². The van der Waals surface area contributed by atoms with E-state index in [-0.39, 0.29) is 11.8 Å². The van der Waals surface area contributed by atoms with Crippen molar-refractivity contribution in [3.05, 3.63) is 89.1 Å². The second-order valence-corrected chi connectivity index (χ2v) is 6.85. The lowest BCUT2D eigenvalue weighted by Crippen LogP contribution is -2.05. The van der Waals surface area contributed by atoms with E-state index in [1.54, 1.807) is 23.5 Å². The third-order valence-corrected chi connectivity index (χ3v) is 5.00. The molecule has 2 aromatic carbocycles. The summed E-state index contributed by atoms with van der Waals surface area (Å²) in [4.78, 5) is 10.0. The fraction of sp³-hybridized carbons (Fsp3) is 0.0476. The molecule has 2 N–H and O–H groups in total. The Balaban J connectivity index is 1.93. The number of nitrogen functional groups attached to an aromatic ring is 1. The van der Waals surface area contributed by atoms with Gasteiger partial charge in [-0.2, -0.15) is 0 Å². The maximum absolute atomic E-state index is 13.4. The summed E-state index contributed by atoms with van der Waals surface area (Å²) < 4.78 is 13.4. The van der Waals surface area contributed by atoms with Gasteiger partial charge in [-0.15, -0.1) is 11.3 Å². The number of anilines is 1. The Morgan fingerprint density at radius 1 is 0.846 bits per heavy atom. The van der Waals surface area contributed by atoms with Crippen molar-refractivity contribution in [1.82, 2.24) is 9.97 Å². The Morgan fingerprint density at radius 3 is 2.27 bits per heavy atom. The lowest BCUT2D eigenvalue weighted by Gasteiger charge is -2.14. The van der Waals surface area contributed by atoms with Crippen LogP contribution in [0.4, 0.5) is 10.3 Å². The van der Waals surface area contributed by atoms with Gasteiger partial charge in [0.15, 0.2) is 0 Å². The van der Waals surface area contributed by atoms with Gasteiger partial charge in [0.1, 0.15) is 5.82 Å². The number of rotatable bonds is 4. The third kappa shape index (κ3) is 3.34. The molecule has 0 saturated carbocycles. The highest BCUT2D eigenvalue weighted by atomic mass is 32.1. The van der Waals surface area contributed by atoms with E-state index in [1.165, 1.54) is 12.1 Å². The topological polar surface area (TPSA) is 51.8 Å². The predicted octanol–water partition coefficient (Wildman–Crippen LogP) is 5.18. The zero-order valence-corrected chi connectivity index (χ0v) is 14.7. The van der Waals surface area contributed by atoms with Gasteiger partial charge in [-0.25, -0.2) is 14.4 Å². The smallest absolute Gasteiger partial charge is 0.221 e. The van der Waals surface area contributed by atoms with Gasteiger partial charge < -0.3 is 5.73 Å². The van der Waals surface area contributed by atoms with Gasteiger partial charge >= 0.3 is 0 Å². The van der Waals surface area contributed by atoms with Crippen LogP contribution in [0.15, 0.2) is 72.1 Å². The number of benzene rings is 2. The number of aromatic nitrogens is 2. The molecular formula is C21H16FN3S. The highest BCUT2D eigenvalue weighted by Crippen LogP contribution is 2.34. The summed E-state index contributed by atoms with van der Waals surface area (Å²) in [6.07, 6.45) is 0.668. The van der Waals surface area contributed by atoms with Crippen molar-refractivity contribution < 1.29 is 4.39 Å². The standard InChI is InChI=1S/C21H16FN3S/c22-16-10-8-15(9-11-16)19-17(13-14-5-2-1-3-6-14)20(25-21(23)24-19)18-7-4-12-26-18/h1-12H,13H2,(H2,23,24,25). The molecule has 0 aliphatic rings. The van der Waals surface area contributed by atoms with Gasteiger partial charge in [-0.1, -0.05) is 36.4 Å². The van der Waals surface area contributed by atoms with E-state index < -0.39 is 0 Å². The minimum atomic E-state index is -0.279. The predicted molar refractivity (Wildman–Crippen MR) is 104 cm³/mol. The van der Waals surface area contributed by atoms with Gasteiger partial charge in [0, 0.05) is 17.5 Å². The third-order valence-electron chi connectivity index (χ3n) is 4.12. The Bertz CT molecular complexity index is 1010. The van der Waals surface area contributed by atoms with Crippen molar-refractivity contribution in [2.45, 2.75) is 6.42 Å². The van der Waals surface area contributed by atoms with Crippen molar-refractivity contribution in [2.75, 3.05) is 5.73 Å². The van der Waals surface area contributed by atoms with Gasteiger partial charge in [-0.3, -0.25) is 0 Å². The first-order chi connectivity index (χ1) is 12.7. The van der Waals surface area contributed by atoms with Crippen LogP contribution < -0.4 is 5.73 Å². The molecule has 0 aliphatic carbocycles. The molecule has 3 nitrogen and oxygen atoms in total. The summed E-state index contributed by atoms with van der Waals surface area (Å²) in [6.45, 7) is 0. The molecule has 0 aliphatic heterocycles. The van der Waals surface area contributed by atoms with Crippen LogP contribution in [0.25, 0.3) is 21.8 Å². The van der Waals surface area contributed by atoms with Crippen LogP contribution in [0.2, 0.25) is 0 Å². The molecule has 0 radical (unpaired) electrons. The molecule has 0 bridgehead atoms. The lowest BCUT2D eigenvalue weighted by atomic mass is 9.97. The van der Waals surface area contributed by atoms with Crippen LogP contribution in [0, 0.1) is 5.82 Å². The van der Waals surface area contributed by atoms with Crippen LogP contribution in [0.1, 0.15) is 11.1 Å². The van der Waals surface area contributed by atoms with Crippen LogP contribution in [-0.4, -0.2) is 9.97 Å². The fourth-order valence-corrected chi connectivity index (χ4v) is 3.67. The molecule has 0 saturated heterocycles. The molecule has 128 valence electrons. The zero-order chi connectivity index (χ0) is 17.9. The molecule has 0 atom stereocenters. The summed E-state index contributed by atoms with van der Waals surface area (Å²) in [5, 5.41) is 2.01. The average Bonchev–Trinajstić information content (AvgIpc) is 3.19. The first-order valence-electron chi connectivity index (χ1n) is 8.21. The van der Waals surface area contributed by atoms with Crippen LogP contribution in [0.5, 0.6) is 0 Å². The quantitative estimate of drug-likeness (QED) is 0.544. The average molecular weight is 361 g/mol. The summed E-state index contributed by atoms with van der Waals surface area (Å²) in [5.74, 6) is -0.0663. The number of hydrogen-bond donors (Lipinski definition) is 1. The number of halogens is 1. The zero-order valence-electron chi connectivity index (χ0n) is 13.9. The number of nitrogens with two attached hydrogens (primary N) is 1. The minimum absolute atomic E-state index is 0.213. The SMILES string of the molecule is Nc1nc(-c2ccc(F)cc2)c(Cc2ccccc2)c(-c2cccs2)n1. The Morgan fingerprint density at radius 2 is 1.58 bits per heavy atom. The molecule has 2 aromatic heterocycles. The summed E-state index contributed by atoms with van der Waals surface area (Å²) in [6, 6.07) is 20.5. The first-order valence-corrected chi connectivity index (χ1v) is 9.09. The van der Waals surface area contributed by atoms with Gasteiger partial charge in [0.05, 0.1) is 16.3 Å².